The molecule has 0 aliphatic heterocycles. The van der Waals surface area contributed by atoms with Gasteiger partial charge in [-0.2, -0.15) is 0 Å². The Hall–Kier alpha value is -2.65. The molecular weight excluding hydrogens is 302 g/mol. The first-order valence-electron chi connectivity index (χ1n) is 6.31. The summed E-state index contributed by atoms with van der Waals surface area (Å²) in [6, 6.07) is 11.0. The standard InChI is InChI=1S/C16H15NO4S/c1-4-12-6-5-7-13(10-12)17-22(18,19)14-8-9-15(20-2)16(11-14)21-3/h1,5-11,17H,2-3H3. The quantitative estimate of drug-likeness (QED) is 0.861. The maximum absolute atomic E-state index is 12.4. The van der Waals surface area contributed by atoms with Gasteiger partial charge in [-0.3, -0.25) is 4.72 Å². The molecule has 0 atom stereocenters. The summed E-state index contributed by atoms with van der Waals surface area (Å²) in [5.74, 6) is 3.25. The van der Waals surface area contributed by atoms with Crippen molar-refractivity contribution < 1.29 is 17.9 Å². The topological polar surface area (TPSA) is 64.6 Å². The number of ether oxygens (including phenoxy) is 2. The van der Waals surface area contributed by atoms with Crippen LogP contribution in [0.25, 0.3) is 0 Å². The van der Waals surface area contributed by atoms with E-state index in [1.165, 1.54) is 32.4 Å². The molecule has 0 fully saturated rings. The minimum absolute atomic E-state index is 0.0660. The van der Waals surface area contributed by atoms with E-state index in [4.69, 9.17) is 15.9 Å². The van der Waals surface area contributed by atoms with Crippen LogP contribution in [0.1, 0.15) is 5.56 Å². The fourth-order valence-corrected chi connectivity index (χ4v) is 2.93. The fraction of sp³-hybridized carbons (Fsp3) is 0.125. The molecule has 2 rings (SSSR count). The number of rotatable bonds is 5. The normalized spacial score (nSPS) is 10.6. The van der Waals surface area contributed by atoms with Gasteiger partial charge in [0, 0.05) is 11.6 Å². The highest BCUT2D eigenvalue weighted by Gasteiger charge is 2.17. The van der Waals surface area contributed by atoms with Crippen LogP contribution in [0.2, 0.25) is 0 Å². The molecule has 0 heterocycles. The second-order valence-corrected chi connectivity index (χ2v) is 6.03. The van der Waals surface area contributed by atoms with Gasteiger partial charge in [0.1, 0.15) is 0 Å². The molecule has 2 aromatic rings. The third-order valence-corrected chi connectivity index (χ3v) is 4.33. The van der Waals surface area contributed by atoms with Crippen LogP contribution >= 0.6 is 0 Å². The number of anilines is 1. The zero-order chi connectivity index (χ0) is 16.2. The minimum atomic E-state index is -3.75. The average Bonchev–Trinajstić information content (AvgIpc) is 2.53. The third kappa shape index (κ3) is 3.32. The Bertz CT molecular complexity index is 822. The molecule has 0 spiro atoms. The maximum Gasteiger partial charge on any atom is 0.262 e. The first kappa shape index (κ1) is 15.7. The third-order valence-electron chi connectivity index (χ3n) is 2.95. The lowest BCUT2D eigenvalue weighted by Crippen LogP contribution is -2.13. The summed E-state index contributed by atoms with van der Waals surface area (Å²) < 4.78 is 37.5. The number of hydrogen-bond donors (Lipinski definition) is 1. The molecule has 0 aliphatic rings. The van der Waals surface area contributed by atoms with E-state index in [1.54, 1.807) is 24.3 Å². The van der Waals surface area contributed by atoms with E-state index in [9.17, 15) is 8.42 Å². The zero-order valence-electron chi connectivity index (χ0n) is 12.2. The largest absolute Gasteiger partial charge is 0.493 e. The van der Waals surface area contributed by atoms with E-state index >= 15 is 0 Å². The molecule has 6 heteroatoms. The first-order chi connectivity index (χ1) is 10.5. The van der Waals surface area contributed by atoms with E-state index in [-0.39, 0.29) is 4.90 Å². The van der Waals surface area contributed by atoms with Gasteiger partial charge in [0.05, 0.1) is 24.8 Å². The molecule has 2 aromatic carbocycles. The van der Waals surface area contributed by atoms with Gasteiger partial charge in [-0.15, -0.1) is 6.42 Å². The molecule has 0 radical (unpaired) electrons. The van der Waals surface area contributed by atoms with Crippen molar-refractivity contribution in [3.8, 4) is 23.8 Å². The molecule has 22 heavy (non-hydrogen) atoms. The minimum Gasteiger partial charge on any atom is -0.493 e. The number of benzene rings is 2. The Kier molecular flexibility index (Phi) is 4.59. The predicted octanol–water partition coefficient (Wildman–Crippen LogP) is 2.49. The lowest BCUT2D eigenvalue weighted by Gasteiger charge is -2.11. The van der Waals surface area contributed by atoms with Crippen molar-refractivity contribution in [3.05, 3.63) is 48.0 Å². The monoisotopic (exact) mass is 317 g/mol. The van der Waals surface area contributed by atoms with E-state index in [0.29, 0.717) is 22.7 Å². The highest BCUT2D eigenvalue weighted by atomic mass is 32.2. The zero-order valence-corrected chi connectivity index (χ0v) is 13.0. The van der Waals surface area contributed by atoms with E-state index in [1.807, 2.05) is 0 Å². The van der Waals surface area contributed by atoms with Crippen molar-refractivity contribution in [3.63, 3.8) is 0 Å². The van der Waals surface area contributed by atoms with Crippen LogP contribution in [0.5, 0.6) is 11.5 Å². The summed E-state index contributed by atoms with van der Waals surface area (Å²) in [5.41, 5.74) is 0.984. The molecule has 0 bridgehead atoms. The number of hydrogen-bond acceptors (Lipinski definition) is 4. The highest BCUT2D eigenvalue weighted by molar-refractivity contribution is 7.92. The lowest BCUT2D eigenvalue weighted by molar-refractivity contribution is 0.354. The van der Waals surface area contributed by atoms with Gasteiger partial charge in [-0.1, -0.05) is 12.0 Å². The van der Waals surface area contributed by atoms with Gasteiger partial charge in [0.2, 0.25) is 0 Å². The Balaban J connectivity index is 2.36. The number of terminal acetylenes is 1. The van der Waals surface area contributed by atoms with Crippen molar-refractivity contribution in [1.82, 2.24) is 0 Å². The Labute approximate surface area is 129 Å². The van der Waals surface area contributed by atoms with Crippen LogP contribution in [-0.4, -0.2) is 22.6 Å². The number of methoxy groups -OCH3 is 2. The van der Waals surface area contributed by atoms with E-state index in [2.05, 4.69) is 10.6 Å². The van der Waals surface area contributed by atoms with Crippen molar-refractivity contribution in [2.75, 3.05) is 18.9 Å². The lowest BCUT2D eigenvalue weighted by atomic mass is 10.2. The molecule has 114 valence electrons. The summed E-state index contributed by atoms with van der Waals surface area (Å²) in [6.45, 7) is 0. The van der Waals surface area contributed by atoms with Crippen LogP contribution < -0.4 is 14.2 Å². The number of nitrogens with one attached hydrogen (secondary N) is 1. The highest BCUT2D eigenvalue weighted by Crippen LogP contribution is 2.30. The van der Waals surface area contributed by atoms with Crippen molar-refractivity contribution in [1.29, 1.82) is 0 Å². The van der Waals surface area contributed by atoms with Crippen molar-refractivity contribution in [2.24, 2.45) is 0 Å². The van der Waals surface area contributed by atoms with E-state index < -0.39 is 10.0 Å². The molecular formula is C16H15NO4S. The summed E-state index contributed by atoms with van der Waals surface area (Å²) in [4.78, 5) is 0.0660. The number of sulfonamides is 1. The van der Waals surface area contributed by atoms with Gasteiger partial charge >= 0.3 is 0 Å². The fourth-order valence-electron chi connectivity index (χ4n) is 1.87. The van der Waals surface area contributed by atoms with Crippen LogP contribution in [0, 0.1) is 12.3 Å². The average molecular weight is 317 g/mol. The van der Waals surface area contributed by atoms with Gasteiger partial charge in [-0.05, 0) is 30.3 Å². The molecule has 0 unspecified atom stereocenters. The molecule has 0 aliphatic carbocycles. The van der Waals surface area contributed by atoms with Crippen LogP contribution in [0.3, 0.4) is 0 Å². The molecule has 0 saturated heterocycles. The second kappa shape index (κ2) is 6.41. The molecule has 1 N–H and O–H groups in total. The van der Waals surface area contributed by atoms with Gasteiger partial charge in [-0.25, -0.2) is 8.42 Å². The summed E-state index contributed by atoms with van der Waals surface area (Å²) in [6.07, 6.45) is 5.31. The molecule has 0 aromatic heterocycles. The summed E-state index contributed by atoms with van der Waals surface area (Å²) in [5, 5.41) is 0. The van der Waals surface area contributed by atoms with Crippen LogP contribution in [0.4, 0.5) is 5.69 Å². The summed E-state index contributed by atoms with van der Waals surface area (Å²) in [7, 11) is -0.826. The van der Waals surface area contributed by atoms with Crippen molar-refractivity contribution in [2.45, 2.75) is 4.90 Å². The van der Waals surface area contributed by atoms with Gasteiger partial charge in [0.25, 0.3) is 10.0 Å². The Morgan fingerprint density at radius 1 is 1.05 bits per heavy atom. The van der Waals surface area contributed by atoms with Crippen LogP contribution in [-0.2, 0) is 10.0 Å². The molecule has 0 saturated carbocycles. The first-order valence-corrected chi connectivity index (χ1v) is 7.80. The predicted molar refractivity (Wildman–Crippen MR) is 84.7 cm³/mol. The Morgan fingerprint density at radius 2 is 1.77 bits per heavy atom. The van der Waals surface area contributed by atoms with Crippen LogP contribution in [0.15, 0.2) is 47.4 Å². The summed E-state index contributed by atoms with van der Waals surface area (Å²) >= 11 is 0. The Morgan fingerprint density at radius 3 is 2.41 bits per heavy atom. The van der Waals surface area contributed by atoms with Gasteiger partial charge < -0.3 is 9.47 Å². The van der Waals surface area contributed by atoms with Crippen molar-refractivity contribution >= 4 is 15.7 Å². The smallest absolute Gasteiger partial charge is 0.262 e. The van der Waals surface area contributed by atoms with Gasteiger partial charge in [0.15, 0.2) is 11.5 Å². The SMILES string of the molecule is C#Cc1cccc(NS(=O)(=O)c2ccc(OC)c(OC)c2)c1. The maximum atomic E-state index is 12.4. The van der Waals surface area contributed by atoms with E-state index in [0.717, 1.165) is 0 Å². The molecule has 0 amide bonds. The second-order valence-electron chi connectivity index (χ2n) is 4.35. The molecule has 5 nitrogen and oxygen atoms in total.